The lowest BCUT2D eigenvalue weighted by molar-refractivity contribution is -0.133. The molecular formula is C13H14N4O2S. The number of thioether (sulfide) groups is 1. The molecule has 2 heterocycles. The van der Waals surface area contributed by atoms with Gasteiger partial charge in [-0.05, 0) is 24.5 Å². The molecule has 1 aliphatic carbocycles. The molecule has 0 radical (unpaired) electrons. The topological polar surface area (TPSA) is 80.9 Å². The third kappa shape index (κ3) is 2.98. The molecule has 0 aliphatic heterocycles. The van der Waals surface area contributed by atoms with Crippen LogP contribution in [0, 0.1) is 0 Å². The minimum Gasteiger partial charge on any atom is -0.481 e. The van der Waals surface area contributed by atoms with Crippen LogP contribution in [0.3, 0.4) is 0 Å². The first-order valence-electron chi connectivity index (χ1n) is 6.40. The molecule has 0 unspecified atom stereocenters. The molecule has 0 bridgehead atoms. The van der Waals surface area contributed by atoms with Crippen LogP contribution in [0.5, 0.6) is 0 Å². The number of aliphatic carboxylic acids is 1. The Labute approximate surface area is 120 Å². The number of carboxylic acids is 1. The van der Waals surface area contributed by atoms with Gasteiger partial charge in [-0.1, -0.05) is 17.8 Å². The van der Waals surface area contributed by atoms with Crippen LogP contribution in [-0.4, -0.2) is 36.6 Å². The average molecular weight is 290 g/mol. The van der Waals surface area contributed by atoms with E-state index >= 15 is 0 Å². The fraction of sp³-hybridized carbons (Fsp3) is 0.385. The second-order valence-corrected chi connectivity index (χ2v) is 5.69. The Balaban J connectivity index is 1.85. The standard InChI is InChI=1S/C13H14N4O2S/c18-11(19)8-20-13-16-15-12(10-3-4-10)17(13)7-9-2-1-5-14-6-9/h1-2,5-6,10H,3-4,7-8H2,(H,18,19). The number of carboxylic acid groups (broad SMARTS) is 1. The SMILES string of the molecule is O=C(O)CSc1nnc(C2CC2)n1Cc1cccnc1. The number of pyridine rings is 1. The van der Waals surface area contributed by atoms with E-state index in [4.69, 9.17) is 5.11 Å². The Morgan fingerprint density at radius 3 is 2.95 bits per heavy atom. The third-order valence-electron chi connectivity index (χ3n) is 3.08. The number of aromatic nitrogens is 4. The zero-order valence-corrected chi connectivity index (χ0v) is 11.6. The molecule has 0 aromatic carbocycles. The molecule has 3 rings (SSSR count). The van der Waals surface area contributed by atoms with Crippen LogP contribution in [0.1, 0.15) is 30.1 Å². The largest absolute Gasteiger partial charge is 0.481 e. The molecule has 0 spiro atoms. The summed E-state index contributed by atoms with van der Waals surface area (Å²) in [5.74, 6) is 0.578. The monoisotopic (exact) mass is 290 g/mol. The van der Waals surface area contributed by atoms with Gasteiger partial charge in [-0.2, -0.15) is 0 Å². The van der Waals surface area contributed by atoms with Crippen molar-refractivity contribution in [2.45, 2.75) is 30.5 Å². The average Bonchev–Trinajstić information content (AvgIpc) is 3.21. The van der Waals surface area contributed by atoms with Gasteiger partial charge in [0, 0.05) is 18.3 Å². The second kappa shape index (κ2) is 5.62. The maximum absolute atomic E-state index is 10.7. The van der Waals surface area contributed by atoms with Gasteiger partial charge in [-0.15, -0.1) is 10.2 Å². The van der Waals surface area contributed by atoms with E-state index in [1.165, 1.54) is 11.8 Å². The first-order chi connectivity index (χ1) is 9.74. The van der Waals surface area contributed by atoms with Crippen molar-refractivity contribution in [3.63, 3.8) is 0 Å². The van der Waals surface area contributed by atoms with Crippen LogP contribution in [0.4, 0.5) is 0 Å². The zero-order valence-electron chi connectivity index (χ0n) is 10.8. The summed E-state index contributed by atoms with van der Waals surface area (Å²) in [7, 11) is 0. The number of hydrogen-bond donors (Lipinski definition) is 1. The molecule has 20 heavy (non-hydrogen) atoms. The minimum atomic E-state index is -0.848. The van der Waals surface area contributed by atoms with Crippen molar-refractivity contribution in [3.8, 4) is 0 Å². The molecule has 7 heteroatoms. The van der Waals surface area contributed by atoms with Gasteiger partial charge in [0.05, 0.1) is 12.3 Å². The summed E-state index contributed by atoms with van der Waals surface area (Å²) in [5, 5.41) is 17.8. The number of hydrogen-bond acceptors (Lipinski definition) is 5. The Kier molecular flexibility index (Phi) is 3.68. The smallest absolute Gasteiger partial charge is 0.313 e. The number of rotatable bonds is 6. The normalized spacial score (nSPS) is 14.4. The van der Waals surface area contributed by atoms with Gasteiger partial charge in [0.1, 0.15) is 5.82 Å². The Hall–Kier alpha value is -1.89. The molecule has 6 nitrogen and oxygen atoms in total. The van der Waals surface area contributed by atoms with Crippen molar-refractivity contribution in [1.82, 2.24) is 19.7 Å². The van der Waals surface area contributed by atoms with Gasteiger partial charge in [-0.25, -0.2) is 0 Å². The molecule has 0 atom stereocenters. The summed E-state index contributed by atoms with van der Waals surface area (Å²) in [5.41, 5.74) is 1.06. The van der Waals surface area contributed by atoms with Crippen LogP contribution in [0.2, 0.25) is 0 Å². The van der Waals surface area contributed by atoms with Crippen LogP contribution < -0.4 is 0 Å². The Morgan fingerprint density at radius 2 is 2.30 bits per heavy atom. The molecule has 104 valence electrons. The third-order valence-corrected chi connectivity index (χ3v) is 4.03. The van der Waals surface area contributed by atoms with Crippen molar-refractivity contribution < 1.29 is 9.90 Å². The van der Waals surface area contributed by atoms with E-state index in [9.17, 15) is 4.79 Å². The maximum atomic E-state index is 10.7. The molecule has 1 N–H and O–H groups in total. The van der Waals surface area contributed by atoms with Gasteiger partial charge in [-0.3, -0.25) is 9.78 Å². The fourth-order valence-electron chi connectivity index (χ4n) is 2.00. The number of carbonyl (C=O) groups is 1. The lowest BCUT2D eigenvalue weighted by Crippen LogP contribution is -2.07. The molecule has 1 saturated carbocycles. The van der Waals surface area contributed by atoms with Gasteiger partial charge in [0.15, 0.2) is 5.16 Å². The molecule has 2 aromatic rings. The Bertz CT molecular complexity index is 610. The highest BCUT2D eigenvalue weighted by Crippen LogP contribution is 2.40. The molecule has 1 fully saturated rings. The minimum absolute atomic E-state index is 0.00413. The molecule has 0 saturated heterocycles. The van der Waals surface area contributed by atoms with Gasteiger partial charge >= 0.3 is 5.97 Å². The van der Waals surface area contributed by atoms with Gasteiger partial charge < -0.3 is 9.67 Å². The first kappa shape index (κ1) is 13.1. The first-order valence-corrected chi connectivity index (χ1v) is 7.39. The highest BCUT2D eigenvalue weighted by molar-refractivity contribution is 7.99. The van der Waals surface area contributed by atoms with Crippen molar-refractivity contribution >= 4 is 17.7 Å². The van der Waals surface area contributed by atoms with Gasteiger partial charge in [0.2, 0.25) is 0 Å². The van der Waals surface area contributed by atoms with Crippen LogP contribution in [0.25, 0.3) is 0 Å². The van der Waals surface area contributed by atoms with E-state index in [1.54, 1.807) is 6.20 Å². The van der Waals surface area contributed by atoms with Crippen molar-refractivity contribution in [3.05, 3.63) is 35.9 Å². The van der Waals surface area contributed by atoms with Crippen LogP contribution in [0.15, 0.2) is 29.7 Å². The second-order valence-electron chi connectivity index (χ2n) is 4.74. The lowest BCUT2D eigenvalue weighted by Gasteiger charge is -2.09. The molecule has 1 aliphatic rings. The fourth-order valence-corrected chi connectivity index (χ4v) is 2.66. The highest BCUT2D eigenvalue weighted by atomic mass is 32.2. The Morgan fingerprint density at radius 1 is 1.45 bits per heavy atom. The van der Waals surface area contributed by atoms with Crippen molar-refractivity contribution in [2.75, 3.05) is 5.75 Å². The van der Waals surface area contributed by atoms with E-state index in [0.29, 0.717) is 17.6 Å². The summed E-state index contributed by atoms with van der Waals surface area (Å²) in [6.45, 7) is 0.634. The van der Waals surface area contributed by atoms with Crippen LogP contribution >= 0.6 is 11.8 Å². The van der Waals surface area contributed by atoms with E-state index < -0.39 is 5.97 Å². The lowest BCUT2D eigenvalue weighted by atomic mass is 10.3. The quantitative estimate of drug-likeness (QED) is 0.817. The summed E-state index contributed by atoms with van der Waals surface area (Å²) in [6.07, 6.45) is 5.81. The molecule has 2 aromatic heterocycles. The van der Waals surface area contributed by atoms with Crippen molar-refractivity contribution in [2.24, 2.45) is 0 Å². The summed E-state index contributed by atoms with van der Waals surface area (Å²) in [6, 6.07) is 3.88. The van der Waals surface area contributed by atoms with E-state index in [0.717, 1.165) is 24.2 Å². The predicted molar refractivity (Wildman–Crippen MR) is 73.7 cm³/mol. The maximum Gasteiger partial charge on any atom is 0.313 e. The van der Waals surface area contributed by atoms with Crippen LogP contribution in [-0.2, 0) is 11.3 Å². The number of nitrogens with zero attached hydrogens (tertiary/aromatic N) is 4. The molecule has 0 amide bonds. The van der Waals surface area contributed by atoms with E-state index in [2.05, 4.69) is 15.2 Å². The summed E-state index contributed by atoms with van der Waals surface area (Å²) >= 11 is 1.21. The molecular weight excluding hydrogens is 276 g/mol. The highest BCUT2D eigenvalue weighted by Gasteiger charge is 2.30. The predicted octanol–water partition coefficient (Wildman–Crippen LogP) is 1.78. The van der Waals surface area contributed by atoms with Gasteiger partial charge in [0.25, 0.3) is 0 Å². The van der Waals surface area contributed by atoms with E-state index in [-0.39, 0.29) is 5.75 Å². The zero-order chi connectivity index (χ0) is 13.9. The summed E-state index contributed by atoms with van der Waals surface area (Å²) in [4.78, 5) is 14.8. The summed E-state index contributed by atoms with van der Waals surface area (Å²) < 4.78 is 2.02. The van der Waals surface area contributed by atoms with Crippen molar-refractivity contribution in [1.29, 1.82) is 0 Å². The van der Waals surface area contributed by atoms with E-state index in [1.807, 2.05) is 22.9 Å².